The van der Waals surface area contributed by atoms with Crippen molar-refractivity contribution in [3.05, 3.63) is 64.0 Å². The zero-order chi connectivity index (χ0) is 14.7. The fraction of sp³-hybridized carbons (Fsp3) is 0.143. The minimum absolute atomic E-state index is 0.154. The van der Waals surface area contributed by atoms with Gasteiger partial charge in [0.05, 0.1) is 22.8 Å². The van der Waals surface area contributed by atoms with Gasteiger partial charge in [0.25, 0.3) is 5.69 Å². The molecule has 0 aliphatic carbocycles. The van der Waals surface area contributed by atoms with E-state index in [0.29, 0.717) is 11.4 Å². The maximum absolute atomic E-state index is 13.7. The Morgan fingerprint density at radius 1 is 1.30 bits per heavy atom. The Labute approximate surface area is 115 Å². The molecule has 2 aromatic rings. The van der Waals surface area contributed by atoms with Gasteiger partial charge in [-0.15, -0.1) is 0 Å². The molecule has 0 heterocycles. The van der Waals surface area contributed by atoms with Crippen LogP contribution in [0.15, 0.2) is 42.5 Å². The van der Waals surface area contributed by atoms with Crippen molar-refractivity contribution in [2.24, 2.45) is 0 Å². The third-order valence-electron chi connectivity index (χ3n) is 3.03. The van der Waals surface area contributed by atoms with Gasteiger partial charge in [-0.05, 0) is 24.3 Å². The molecule has 0 atom stereocenters. The third-order valence-corrected chi connectivity index (χ3v) is 3.03. The number of hydrogen-bond donors (Lipinski definition) is 1. The van der Waals surface area contributed by atoms with Crippen molar-refractivity contribution in [2.75, 3.05) is 11.9 Å². The fourth-order valence-corrected chi connectivity index (χ4v) is 1.95. The van der Waals surface area contributed by atoms with Crippen molar-refractivity contribution < 1.29 is 14.4 Å². The Bertz CT molecular complexity index is 646. The van der Waals surface area contributed by atoms with Crippen molar-refractivity contribution in [3.8, 4) is 0 Å². The molecule has 6 heteroatoms. The molecule has 0 amide bonds. The number of nitro benzene ring substituents is 1. The van der Waals surface area contributed by atoms with Gasteiger partial charge in [-0.3, -0.25) is 10.1 Å². The summed E-state index contributed by atoms with van der Waals surface area (Å²) in [5, 5.41) is 20.0. The molecule has 0 radical (unpaired) electrons. The molecular formula is C14H13FN2O3. The van der Waals surface area contributed by atoms with Crippen LogP contribution in [0.2, 0.25) is 0 Å². The van der Waals surface area contributed by atoms with Gasteiger partial charge >= 0.3 is 0 Å². The molecular weight excluding hydrogens is 263 g/mol. The second-order valence-corrected chi connectivity index (χ2v) is 4.24. The largest absolute Gasteiger partial charge is 0.391 e. The quantitative estimate of drug-likeness (QED) is 0.688. The number of nitro groups is 1. The number of para-hydroxylation sites is 1. The van der Waals surface area contributed by atoms with E-state index in [4.69, 9.17) is 0 Å². The summed E-state index contributed by atoms with van der Waals surface area (Å²) in [5.41, 5.74) is 0.948. The monoisotopic (exact) mass is 276 g/mol. The summed E-state index contributed by atoms with van der Waals surface area (Å²) >= 11 is 0. The van der Waals surface area contributed by atoms with Crippen molar-refractivity contribution >= 4 is 17.1 Å². The first-order valence-corrected chi connectivity index (χ1v) is 5.91. The molecule has 0 fully saturated rings. The number of nitrogens with zero attached hydrogens (tertiary/aromatic N) is 2. The highest BCUT2D eigenvalue weighted by Crippen LogP contribution is 2.30. The predicted octanol–water partition coefficient (Wildman–Crippen LogP) is 2.99. The van der Waals surface area contributed by atoms with E-state index < -0.39 is 11.5 Å². The summed E-state index contributed by atoms with van der Waals surface area (Å²) in [6.45, 7) is -0.449. The summed E-state index contributed by atoms with van der Waals surface area (Å²) < 4.78 is 13.7. The van der Waals surface area contributed by atoms with Crippen LogP contribution in [0.4, 0.5) is 21.5 Å². The van der Waals surface area contributed by atoms with Gasteiger partial charge in [-0.25, -0.2) is 4.39 Å². The third kappa shape index (κ3) is 2.60. The second kappa shape index (κ2) is 5.66. The first-order valence-electron chi connectivity index (χ1n) is 5.91. The van der Waals surface area contributed by atoms with Gasteiger partial charge in [-0.1, -0.05) is 12.1 Å². The molecule has 1 N–H and O–H groups in total. The second-order valence-electron chi connectivity index (χ2n) is 4.24. The highest BCUT2D eigenvalue weighted by Gasteiger charge is 2.16. The first kappa shape index (κ1) is 14.0. The van der Waals surface area contributed by atoms with Crippen LogP contribution in [-0.2, 0) is 6.61 Å². The molecule has 0 saturated carbocycles. The molecule has 20 heavy (non-hydrogen) atoms. The summed E-state index contributed by atoms with van der Waals surface area (Å²) in [5.74, 6) is -0.390. The number of aliphatic hydroxyl groups is 1. The van der Waals surface area contributed by atoms with E-state index in [9.17, 15) is 19.6 Å². The first-order chi connectivity index (χ1) is 9.54. The van der Waals surface area contributed by atoms with Gasteiger partial charge in [0, 0.05) is 18.8 Å². The van der Waals surface area contributed by atoms with Crippen molar-refractivity contribution in [2.45, 2.75) is 6.61 Å². The standard InChI is InChI=1S/C14H13FN2O3/c1-16(14-5-3-2-4-12(14)15)11-6-7-13(17(19)20)10(8-11)9-18/h2-8,18H,9H2,1H3. The lowest BCUT2D eigenvalue weighted by Gasteiger charge is -2.20. The minimum atomic E-state index is -0.557. The average molecular weight is 276 g/mol. The zero-order valence-electron chi connectivity index (χ0n) is 10.8. The predicted molar refractivity (Wildman–Crippen MR) is 73.5 cm³/mol. The Hall–Kier alpha value is -2.47. The Morgan fingerprint density at radius 3 is 2.60 bits per heavy atom. The summed E-state index contributed by atoms with van der Waals surface area (Å²) in [6, 6.07) is 10.5. The Balaban J connectivity index is 2.43. The number of benzene rings is 2. The molecule has 0 saturated heterocycles. The summed E-state index contributed by atoms with van der Waals surface area (Å²) in [7, 11) is 1.65. The molecule has 0 aromatic heterocycles. The van der Waals surface area contributed by atoms with E-state index in [0.717, 1.165) is 0 Å². The van der Waals surface area contributed by atoms with E-state index >= 15 is 0 Å². The maximum atomic E-state index is 13.7. The molecule has 0 aliphatic heterocycles. The number of anilines is 2. The van der Waals surface area contributed by atoms with Crippen LogP contribution in [-0.4, -0.2) is 17.1 Å². The maximum Gasteiger partial charge on any atom is 0.275 e. The van der Waals surface area contributed by atoms with Crippen LogP contribution in [0.3, 0.4) is 0 Å². The fourth-order valence-electron chi connectivity index (χ4n) is 1.95. The molecule has 2 aromatic carbocycles. The van der Waals surface area contributed by atoms with Gasteiger partial charge < -0.3 is 10.0 Å². The smallest absolute Gasteiger partial charge is 0.275 e. The van der Waals surface area contributed by atoms with Crippen LogP contribution >= 0.6 is 0 Å². The molecule has 0 unspecified atom stereocenters. The lowest BCUT2D eigenvalue weighted by Crippen LogP contribution is -2.11. The number of aliphatic hydroxyl groups excluding tert-OH is 1. The Kier molecular flexibility index (Phi) is 3.95. The molecule has 2 rings (SSSR count). The van der Waals surface area contributed by atoms with E-state index in [1.54, 1.807) is 30.1 Å². The van der Waals surface area contributed by atoms with Gasteiger partial charge in [0.15, 0.2) is 0 Å². The van der Waals surface area contributed by atoms with Crippen molar-refractivity contribution in [1.29, 1.82) is 0 Å². The lowest BCUT2D eigenvalue weighted by atomic mass is 10.1. The summed E-state index contributed by atoms with van der Waals surface area (Å²) in [4.78, 5) is 11.8. The van der Waals surface area contributed by atoms with Gasteiger partial charge in [0.2, 0.25) is 0 Å². The van der Waals surface area contributed by atoms with Crippen molar-refractivity contribution in [1.82, 2.24) is 0 Å². The van der Waals surface area contributed by atoms with E-state index in [2.05, 4.69) is 0 Å². The SMILES string of the molecule is CN(c1ccc([N+](=O)[O-])c(CO)c1)c1ccccc1F. The number of hydrogen-bond acceptors (Lipinski definition) is 4. The number of halogens is 1. The van der Waals surface area contributed by atoms with Crippen LogP contribution in [0, 0.1) is 15.9 Å². The molecule has 5 nitrogen and oxygen atoms in total. The highest BCUT2D eigenvalue weighted by molar-refractivity contribution is 5.65. The topological polar surface area (TPSA) is 66.6 Å². The molecule has 0 bridgehead atoms. The normalized spacial score (nSPS) is 10.3. The highest BCUT2D eigenvalue weighted by atomic mass is 19.1. The van der Waals surface area contributed by atoms with Gasteiger partial charge in [0.1, 0.15) is 5.82 Å². The summed E-state index contributed by atoms with van der Waals surface area (Å²) in [6.07, 6.45) is 0. The van der Waals surface area contributed by atoms with E-state index in [-0.39, 0.29) is 17.1 Å². The lowest BCUT2D eigenvalue weighted by molar-refractivity contribution is -0.385. The van der Waals surface area contributed by atoms with E-state index in [1.807, 2.05) is 0 Å². The molecule has 104 valence electrons. The zero-order valence-corrected chi connectivity index (χ0v) is 10.8. The minimum Gasteiger partial charge on any atom is -0.391 e. The van der Waals surface area contributed by atoms with Crippen LogP contribution in [0.25, 0.3) is 0 Å². The number of rotatable bonds is 4. The average Bonchev–Trinajstić information content (AvgIpc) is 2.46. The van der Waals surface area contributed by atoms with Crippen LogP contribution in [0.5, 0.6) is 0 Å². The van der Waals surface area contributed by atoms with Crippen LogP contribution < -0.4 is 4.90 Å². The van der Waals surface area contributed by atoms with Crippen molar-refractivity contribution in [3.63, 3.8) is 0 Å². The van der Waals surface area contributed by atoms with Crippen LogP contribution in [0.1, 0.15) is 5.56 Å². The molecule has 0 aliphatic rings. The van der Waals surface area contributed by atoms with E-state index in [1.165, 1.54) is 24.3 Å². The Morgan fingerprint density at radius 2 is 2.00 bits per heavy atom. The molecule has 0 spiro atoms. The van der Waals surface area contributed by atoms with Gasteiger partial charge in [-0.2, -0.15) is 0 Å².